The zero-order chi connectivity index (χ0) is 24.3. The van der Waals surface area contributed by atoms with Crippen molar-refractivity contribution in [2.24, 2.45) is 0 Å². The second-order valence-corrected chi connectivity index (χ2v) is 9.74. The van der Waals surface area contributed by atoms with Gasteiger partial charge in [0.1, 0.15) is 34.8 Å². The number of amides is 1. The van der Waals surface area contributed by atoms with E-state index in [1.54, 1.807) is 49.4 Å². The van der Waals surface area contributed by atoms with Crippen LogP contribution in [0.2, 0.25) is 0 Å². The minimum atomic E-state index is -3.88. The number of nitriles is 1. The first kappa shape index (κ1) is 23.4. The zero-order valence-electron chi connectivity index (χ0n) is 18.5. The molecule has 0 aliphatic carbocycles. The lowest BCUT2D eigenvalue weighted by Gasteiger charge is -2.33. The molecule has 10 heteroatoms. The third-order valence-electron chi connectivity index (χ3n) is 5.51. The number of rotatable bonds is 6. The van der Waals surface area contributed by atoms with Gasteiger partial charge in [0.25, 0.3) is 5.91 Å². The van der Waals surface area contributed by atoms with Gasteiger partial charge < -0.3 is 19.2 Å². The smallest absolute Gasteiger partial charge is 0.289 e. The summed E-state index contributed by atoms with van der Waals surface area (Å²) in [5.41, 5.74) is 1.12. The summed E-state index contributed by atoms with van der Waals surface area (Å²) in [5, 5.41) is 19.2. The minimum Gasteiger partial charge on any atom is -0.507 e. The first-order valence-electron chi connectivity index (χ1n) is 10.6. The van der Waals surface area contributed by atoms with E-state index < -0.39 is 10.0 Å². The Morgan fingerprint density at radius 3 is 2.59 bits per heavy atom. The van der Waals surface area contributed by atoms with E-state index in [-0.39, 0.29) is 55.1 Å². The molecule has 2 heterocycles. The molecule has 0 saturated carbocycles. The Morgan fingerprint density at radius 1 is 1.12 bits per heavy atom. The van der Waals surface area contributed by atoms with Gasteiger partial charge in [-0.1, -0.05) is 18.2 Å². The van der Waals surface area contributed by atoms with Crippen molar-refractivity contribution in [3.05, 3.63) is 77.2 Å². The minimum absolute atomic E-state index is 0.0536. The number of para-hydroxylation sites is 1. The molecule has 9 nitrogen and oxygen atoms in total. The fourth-order valence-corrected chi connectivity index (χ4v) is 5.25. The first-order chi connectivity index (χ1) is 16.3. The van der Waals surface area contributed by atoms with Crippen LogP contribution in [0.25, 0.3) is 0 Å². The van der Waals surface area contributed by atoms with E-state index >= 15 is 0 Å². The maximum Gasteiger partial charge on any atom is 0.289 e. The van der Waals surface area contributed by atoms with Crippen LogP contribution in [0.5, 0.6) is 11.5 Å². The van der Waals surface area contributed by atoms with Gasteiger partial charge in [0, 0.05) is 26.2 Å². The fourth-order valence-electron chi connectivity index (χ4n) is 3.66. The number of phenols is 1. The number of carbonyl (C=O) groups is 1. The summed E-state index contributed by atoms with van der Waals surface area (Å²) in [6, 6.07) is 16.5. The fraction of sp³-hybridized carbons (Fsp3) is 0.250. The number of nitrogens with zero attached hydrogens (tertiary/aromatic N) is 3. The van der Waals surface area contributed by atoms with Gasteiger partial charge in [0.15, 0.2) is 5.76 Å². The molecule has 0 radical (unpaired) electrons. The molecule has 34 heavy (non-hydrogen) atoms. The van der Waals surface area contributed by atoms with Gasteiger partial charge in [-0.2, -0.15) is 9.57 Å². The highest BCUT2D eigenvalue weighted by Gasteiger charge is 2.32. The Bertz CT molecular complexity index is 1350. The number of carbonyl (C=O) groups excluding carboxylic acids is 1. The van der Waals surface area contributed by atoms with Crippen molar-refractivity contribution in [2.45, 2.75) is 18.4 Å². The number of furan rings is 1. The lowest BCUT2D eigenvalue weighted by molar-refractivity contribution is 0.0662. The van der Waals surface area contributed by atoms with E-state index in [4.69, 9.17) is 14.4 Å². The molecule has 1 saturated heterocycles. The van der Waals surface area contributed by atoms with Gasteiger partial charge >= 0.3 is 0 Å². The predicted molar refractivity (Wildman–Crippen MR) is 122 cm³/mol. The van der Waals surface area contributed by atoms with Crippen molar-refractivity contribution in [3.8, 4) is 17.6 Å². The first-order valence-corrected chi connectivity index (χ1v) is 12.0. The van der Waals surface area contributed by atoms with Gasteiger partial charge in [-0.15, -0.1) is 0 Å². The maximum atomic E-state index is 13.0. The molecule has 0 unspecified atom stereocenters. The van der Waals surface area contributed by atoms with Crippen LogP contribution in [-0.4, -0.2) is 54.8 Å². The summed E-state index contributed by atoms with van der Waals surface area (Å²) in [4.78, 5) is 14.2. The number of phenolic OH excluding ortho intramolecular Hbond substituents is 1. The number of ether oxygens (including phenoxy) is 1. The highest BCUT2D eigenvalue weighted by atomic mass is 32.2. The summed E-state index contributed by atoms with van der Waals surface area (Å²) >= 11 is 0. The third-order valence-corrected chi connectivity index (χ3v) is 7.44. The zero-order valence-corrected chi connectivity index (χ0v) is 19.3. The molecule has 1 fully saturated rings. The summed E-state index contributed by atoms with van der Waals surface area (Å²) in [6.07, 6.45) is 0. The average Bonchev–Trinajstić information content (AvgIpc) is 3.33. The summed E-state index contributed by atoms with van der Waals surface area (Å²) in [7, 11) is -3.88. The molecule has 0 spiro atoms. The number of piperazine rings is 1. The maximum absolute atomic E-state index is 13.0. The monoisotopic (exact) mass is 481 g/mol. The molecule has 1 aromatic heterocycles. The van der Waals surface area contributed by atoms with Crippen LogP contribution in [-0.2, 0) is 16.6 Å². The summed E-state index contributed by atoms with van der Waals surface area (Å²) in [5.74, 6) is 0.323. The van der Waals surface area contributed by atoms with E-state index in [0.717, 1.165) is 5.56 Å². The van der Waals surface area contributed by atoms with Gasteiger partial charge in [0.05, 0.1) is 5.56 Å². The summed E-state index contributed by atoms with van der Waals surface area (Å²) in [6.45, 7) is 2.38. The Morgan fingerprint density at radius 2 is 1.85 bits per heavy atom. The topological polar surface area (TPSA) is 124 Å². The van der Waals surface area contributed by atoms with E-state index in [0.29, 0.717) is 17.1 Å². The van der Waals surface area contributed by atoms with Crippen LogP contribution in [0.1, 0.15) is 27.4 Å². The van der Waals surface area contributed by atoms with Crippen molar-refractivity contribution in [2.75, 3.05) is 26.2 Å². The Balaban J connectivity index is 1.37. The number of aromatic hydroxyl groups is 1. The molecule has 1 N–H and O–H groups in total. The van der Waals surface area contributed by atoms with E-state index in [9.17, 15) is 18.3 Å². The molecule has 0 bridgehead atoms. The second-order valence-electron chi connectivity index (χ2n) is 7.83. The molecule has 176 valence electrons. The van der Waals surface area contributed by atoms with Crippen LogP contribution in [0.4, 0.5) is 0 Å². The molecule has 2 aromatic carbocycles. The number of benzene rings is 2. The van der Waals surface area contributed by atoms with Crippen LogP contribution >= 0.6 is 0 Å². The van der Waals surface area contributed by atoms with E-state index in [1.807, 2.05) is 0 Å². The van der Waals surface area contributed by atoms with Crippen LogP contribution < -0.4 is 4.74 Å². The number of hydrogen-bond donors (Lipinski definition) is 1. The molecular weight excluding hydrogens is 458 g/mol. The predicted octanol–water partition coefficient (Wildman–Crippen LogP) is 2.89. The molecule has 0 atom stereocenters. The molecular formula is C24H23N3O6S. The Labute approximate surface area is 197 Å². The normalized spacial score (nSPS) is 14.5. The van der Waals surface area contributed by atoms with Crippen molar-refractivity contribution in [1.29, 1.82) is 5.26 Å². The lowest BCUT2D eigenvalue weighted by atomic mass is 10.2. The Kier molecular flexibility index (Phi) is 6.58. The molecule has 3 aromatic rings. The quantitative estimate of drug-likeness (QED) is 0.574. The Hall–Kier alpha value is -3.81. The number of aryl methyl sites for hydroxylation is 1. The van der Waals surface area contributed by atoms with Gasteiger partial charge in [-0.25, -0.2) is 8.42 Å². The van der Waals surface area contributed by atoms with Crippen LogP contribution in [0.15, 0.2) is 63.9 Å². The summed E-state index contributed by atoms with van der Waals surface area (Å²) < 4.78 is 38.4. The standard InChI is InChI=1S/C24H23N3O6S/c1-17-6-8-20(28)23(14-17)34(30,31)27-12-10-26(11-13-27)24(29)22-9-7-19(33-22)16-32-21-5-3-2-4-18(21)15-25/h2-9,14,28H,10-13,16H2,1H3. The SMILES string of the molecule is Cc1ccc(O)c(S(=O)(=O)N2CCN(C(=O)c3ccc(COc4ccccc4C#N)o3)CC2)c1. The van der Waals surface area contributed by atoms with E-state index in [2.05, 4.69) is 6.07 Å². The average molecular weight is 482 g/mol. The second kappa shape index (κ2) is 9.59. The van der Waals surface area contributed by atoms with Crippen molar-refractivity contribution in [1.82, 2.24) is 9.21 Å². The number of hydrogen-bond acceptors (Lipinski definition) is 7. The molecule has 1 aliphatic heterocycles. The van der Waals surface area contributed by atoms with Gasteiger partial charge in [-0.05, 0) is 48.9 Å². The third kappa shape index (κ3) is 4.76. The van der Waals surface area contributed by atoms with Gasteiger partial charge in [0.2, 0.25) is 10.0 Å². The number of sulfonamides is 1. The molecule has 1 aliphatic rings. The van der Waals surface area contributed by atoms with E-state index in [1.165, 1.54) is 21.3 Å². The highest BCUT2D eigenvalue weighted by Crippen LogP contribution is 2.28. The lowest BCUT2D eigenvalue weighted by Crippen LogP contribution is -2.50. The highest BCUT2D eigenvalue weighted by molar-refractivity contribution is 7.89. The largest absolute Gasteiger partial charge is 0.507 e. The molecule has 4 rings (SSSR count). The van der Waals surface area contributed by atoms with Crippen LogP contribution in [0.3, 0.4) is 0 Å². The van der Waals surface area contributed by atoms with Crippen molar-refractivity contribution in [3.63, 3.8) is 0 Å². The van der Waals surface area contributed by atoms with Crippen molar-refractivity contribution < 1.29 is 27.5 Å². The van der Waals surface area contributed by atoms with Gasteiger partial charge in [-0.3, -0.25) is 4.79 Å². The van der Waals surface area contributed by atoms with Crippen molar-refractivity contribution >= 4 is 15.9 Å². The van der Waals surface area contributed by atoms with Crippen LogP contribution in [0, 0.1) is 18.3 Å². The molecule has 1 amide bonds.